The molecule has 7 nitrogen and oxygen atoms in total. The van der Waals surface area contributed by atoms with Gasteiger partial charge in [0.25, 0.3) is 10.0 Å². The normalized spacial score (nSPS) is 11.9. The predicted molar refractivity (Wildman–Crippen MR) is 179 cm³/mol. The van der Waals surface area contributed by atoms with Crippen LogP contribution in [0.15, 0.2) is 112 Å². The Labute approximate surface area is 273 Å². The summed E-state index contributed by atoms with van der Waals surface area (Å²) in [5, 5.41) is 3.35. The van der Waals surface area contributed by atoms with E-state index in [0.29, 0.717) is 22.8 Å². The van der Waals surface area contributed by atoms with Crippen molar-refractivity contribution in [3.05, 3.63) is 129 Å². The molecule has 0 aromatic heterocycles. The second kappa shape index (κ2) is 15.4. The molecule has 4 rings (SSSR count). The molecule has 0 saturated carbocycles. The van der Waals surface area contributed by atoms with Crippen LogP contribution in [0.4, 0.5) is 5.69 Å². The van der Waals surface area contributed by atoms with Crippen LogP contribution in [0.1, 0.15) is 30.0 Å². The van der Waals surface area contributed by atoms with E-state index in [2.05, 4.69) is 21.2 Å². The van der Waals surface area contributed by atoms with Gasteiger partial charge < -0.3 is 10.2 Å². The van der Waals surface area contributed by atoms with E-state index in [0.717, 1.165) is 26.3 Å². The molecule has 0 bridgehead atoms. The second-order valence-electron chi connectivity index (χ2n) is 10.4. The largest absolute Gasteiger partial charge is 0.354 e. The monoisotopic (exact) mass is 695 g/mol. The number of hydrogen-bond acceptors (Lipinski definition) is 4. The van der Waals surface area contributed by atoms with Crippen LogP contribution in [0.5, 0.6) is 0 Å². The molecule has 0 radical (unpaired) electrons. The van der Waals surface area contributed by atoms with Gasteiger partial charge in [-0.25, -0.2) is 8.42 Å². The van der Waals surface area contributed by atoms with Gasteiger partial charge in [-0.2, -0.15) is 0 Å². The number of rotatable bonds is 13. The highest BCUT2D eigenvalue weighted by Gasteiger charge is 2.35. The van der Waals surface area contributed by atoms with Crippen molar-refractivity contribution in [2.75, 3.05) is 17.4 Å². The molecule has 4 aromatic carbocycles. The Kier molecular flexibility index (Phi) is 11.6. The van der Waals surface area contributed by atoms with E-state index in [4.69, 9.17) is 11.6 Å². The molecule has 1 atom stereocenters. The number of sulfonamides is 1. The third-order valence-corrected chi connectivity index (χ3v) is 9.71. The Balaban J connectivity index is 1.80. The summed E-state index contributed by atoms with van der Waals surface area (Å²) in [6, 6.07) is 28.9. The Morgan fingerprint density at radius 2 is 1.50 bits per heavy atom. The van der Waals surface area contributed by atoms with Crippen molar-refractivity contribution in [1.29, 1.82) is 0 Å². The first-order valence-electron chi connectivity index (χ1n) is 14.3. The van der Waals surface area contributed by atoms with Crippen molar-refractivity contribution in [1.82, 2.24) is 10.2 Å². The molecule has 2 amide bonds. The third-order valence-electron chi connectivity index (χ3n) is 7.15. The molecule has 10 heteroatoms. The number of nitrogens with zero attached hydrogens (tertiary/aromatic N) is 2. The summed E-state index contributed by atoms with van der Waals surface area (Å²) in [6.07, 6.45) is 0.984. The number of carbonyl (C=O) groups excluding carboxylic acids is 2. The zero-order chi connectivity index (χ0) is 31.7. The molecule has 0 aliphatic heterocycles. The first-order valence-corrected chi connectivity index (χ1v) is 16.9. The minimum atomic E-state index is -4.20. The molecule has 0 fully saturated rings. The molecule has 0 aliphatic rings. The smallest absolute Gasteiger partial charge is 0.264 e. The highest BCUT2D eigenvalue weighted by atomic mass is 79.9. The maximum absolute atomic E-state index is 14.5. The summed E-state index contributed by atoms with van der Waals surface area (Å²) in [6.45, 7) is 3.79. The van der Waals surface area contributed by atoms with Gasteiger partial charge in [-0.3, -0.25) is 13.9 Å². The zero-order valence-corrected chi connectivity index (χ0v) is 27.8. The summed E-state index contributed by atoms with van der Waals surface area (Å²) in [4.78, 5) is 29.7. The lowest BCUT2D eigenvalue weighted by Crippen LogP contribution is -2.53. The van der Waals surface area contributed by atoms with Crippen LogP contribution in [0.3, 0.4) is 0 Å². The van der Waals surface area contributed by atoms with E-state index >= 15 is 0 Å². The van der Waals surface area contributed by atoms with Gasteiger partial charge in [-0.15, -0.1) is 0 Å². The van der Waals surface area contributed by atoms with E-state index in [1.54, 1.807) is 25.1 Å². The fourth-order valence-electron chi connectivity index (χ4n) is 4.80. The number of anilines is 1. The molecule has 0 saturated heterocycles. The number of nitrogens with one attached hydrogen (secondary N) is 1. The van der Waals surface area contributed by atoms with Crippen LogP contribution in [-0.4, -0.2) is 44.3 Å². The Morgan fingerprint density at radius 1 is 0.864 bits per heavy atom. The summed E-state index contributed by atoms with van der Waals surface area (Å²) in [5.74, 6) is -0.814. The van der Waals surface area contributed by atoms with Crippen molar-refractivity contribution in [3.8, 4) is 0 Å². The number of amides is 2. The van der Waals surface area contributed by atoms with E-state index in [1.165, 1.54) is 29.2 Å². The molecule has 0 unspecified atom stereocenters. The Hall–Kier alpha value is -3.66. The quantitative estimate of drug-likeness (QED) is 0.167. The van der Waals surface area contributed by atoms with E-state index in [9.17, 15) is 18.0 Å². The highest BCUT2D eigenvalue weighted by Crippen LogP contribution is 2.28. The van der Waals surface area contributed by atoms with E-state index in [1.807, 2.05) is 67.6 Å². The van der Waals surface area contributed by atoms with Crippen LogP contribution in [-0.2, 0) is 32.6 Å². The molecular formula is C34H35BrClN3O4S. The lowest BCUT2D eigenvalue weighted by molar-refractivity contribution is -0.140. The first-order chi connectivity index (χ1) is 21.1. The number of aryl methyl sites for hydroxylation is 1. The lowest BCUT2D eigenvalue weighted by Gasteiger charge is -2.34. The Morgan fingerprint density at radius 3 is 2.14 bits per heavy atom. The van der Waals surface area contributed by atoms with Crippen LogP contribution >= 0.6 is 27.5 Å². The standard InChI is InChI=1S/C34H35BrClN3O4S/c1-3-21-37-34(41)32(22-26-10-5-4-6-11-26)38(23-27-13-15-28(35)16-14-27)33(40)24-39(31-12-8-7-9-25(31)2)44(42,43)30-19-17-29(36)18-20-30/h4-20,32H,3,21-24H2,1-2H3,(H,37,41)/t32-/m1/s1. The topological polar surface area (TPSA) is 86.8 Å². The summed E-state index contributed by atoms with van der Waals surface area (Å²) >= 11 is 9.51. The minimum Gasteiger partial charge on any atom is -0.354 e. The number of benzene rings is 4. The van der Waals surface area contributed by atoms with Gasteiger partial charge in [0.1, 0.15) is 12.6 Å². The average molecular weight is 697 g/mol. The number of halogens is 2. The van der Waals surface area contributed by atoms with Gasteiger partial charge in [0, 0.05) is 29.0 Å². The van der Waals surface area contributed by atoms with Gasteiger partial charge in [0.05, 0.1) is 10.6 Å². The fraction of sp³-hybridized carbons (Fsp3) is 0.235. The maximum atomic E-state index is 14.5. The second-order valence-corrected chi connectivity index (χ2v) is 13.6. The average Bonchev–Trinajstić information content (AvgIpc) is 3.02. The summed E-state index contributed by atoms with van der Waals surface area (Å²) < 4.78 is 30.2. The van der Waals surface area contributed by atoms with Gasteiger partial charge in [-0.1, -0.05) is 95.1 Å². The predicted octanol–water partition coefficient (Wildman–Crippen LogP) is 6.77. The number of carbonyl (C=O) groups is 2. The highest BCUT2D eigenvalue weighted by molar-refractivity contribution is 9.10. The fourth-order valence-corrected chi connectivity index (χ4v) is 6.67. The van der Waals surface area contributed by atoms with Gasteiger partial charge >= 0.3 is 0 Å². The first kappa shape index (κ1) is 33.2. The molecule has 0 spiro atoms. The van der Waals surface area contributed by atoms with Crippen molar-refractivity contribution < 1.29 is 18.0 Å². The lowest BCUT2D eigenvalue weighted by atomic mass is 10.0. The molecule has 4 aromatic rings. The van der Waals surface area contributed by atoms with Gasteiger partial charge in [-0.05, 0) is 72.5 Å². The number of hydrogen-bond donors (Lipinski definition) is 1. The molecule has 1 N–H and O–H groups in total. The molecule has 44 heavy (non-hydrogen) atoms. The minimum absolute atomic E-state index is 0.000984. The third kappa shape index (κ3) is 8.49. The molecule has 0 heterocycles. The zero-order valence-electron chi connectivity index (χ0n) is 24.6. The van der Waals surface area contributed by atoms with Gasteiger partial charge in [0.2, 0.25) is 11.8 Å². The van der Waals surface area contributed by atoms with E-state index < -0.39 is 28.5 Å². The molecule has 230 valence electrons. The summed E-state index contributed by atoms with van der Waals surface area (Å²) in [5.41, 5.74) is 2.72. The van der Waals surface area contributed by atoms with Crippen molar-refractivity contribution >= 4 is 55.1 Å². The van der Waals surface area contributed by atoms with Crippen molar-refractivity contribution in [3.63, 3.8) is 0 Å². The molecular weight excluding hydrogens is 662 g/mol. The van der Waals surface area contributed by atoms with Gasteiger partial charge in [0.15, 0.2) is 0 Å². The van der Waals surface area contributed by atoms with Crippen molar-refractivity contribution in [2.45, 2.75) is 44.2 Å². The van der Waals surface area contributed by atoms with Crippen LogP contribution in [0.2, 0.25) is 5.02 Å². The molecule has 0 aliphatic carbocycles. The summed E-state index contributed by atoms with van der Waals surface area (Å²) in [7, 11) is -4.20. The van der Waals surface area contributed by atoms with Crippen molar-refractivity contribution in [2.24, 2.45) is 0 Å². The SMILES string of the molecule is CCCNC(=O)[C@@H](Cc1ccccc1)N(Cc1ccc(Br)cc1)C(=O)CN(c1ccccc1C)S(=O)(=O)c1ccc(Cl)cc1. The van der Waals surface area contributed by atoms with Crippen LogP contribution < -0.4 is 9.62 Å². The number of para-hydroxylation sites is 1. The van der Waals surface area contributed by atoms with E-state index in [-0.39, 0.29) is 23.8 Å². The Bertz CT molecular complexity index is 1670. The maximum Gasteiger partial charge on any atom is 0.264 e. The van der Waals surface area contributed by atoms with Crippen LogP contribution in [0, 0.1) is 6.92 Å². The van der Waals surface area contributed by atoms with Crippen LogP contribution in [0.25, 0.3) is 0 Å².